The summed E-state index contributed by atoms with van der Waals surface area (Å²) in [5.41, 5.74) is 2.32. The van der Waals surface area contributed by atoms with Crippen LogP contribution < -0.4 is 11.2 Å². The second kappa shape index (κ2) is 10.0. The number of unbranched alkanes of at least 4 members (excludes halogenated alkanes) is 1. The Morgan fingerprint density at radius 2 is 1.79 bits per heavy atom. The molecule has 0 atom stereocenters. The number of hydrogen-bond donors (Lipinski definition) is 1. The van der Waals surface area contributed by atoms with Crippen molar-refractivity contribution < 1.29 is 0 Å². The van der Waals surface area contributed by atoms with Gasteiger partial charge in [0, 0.05) is 32.0 Å². The van der Waals surface area contributed by atoms with E-state index in [1.807, 2.05) is 41.9 Å². The Morgan fingerprint density at radius 1 is 1.00 bits per heavy atom. The molecule has 0 radical (unpaired) electrons. The third-order valence-corrected chi connectivity index (χ3v) is 5.92. The first kappa shape index (κ1) is 22.8. The standard InChI is InChI=1S/C25H32N6O2/c1-4-6-13-30-21(18-28(3)15-20-12-14-29(5-2)16-20)26-23-22(30)24(32)27-25(33)31(23)17-19-10-8-7-9-11-19/h7-12,14,16H,4-6,13,15,17-18H2,1-3H3,(H,27,32,33). The molecule has 1 aromatic carbocycles. The summed E-state index contributed by atoms with van der Waals surface area (Å²) >= 11 is 0. The largest absolute Gasteiger partial charge is 0.354 e. The molecule has 0 spiro atoms. The Kier molecular flexibility index (Phi) is 6.93. The number of nitrogens with one attached hydrogen (secondary N) is 1. The van der Waals surface area contributed by atoms with Crippen molar-refractivity contribution in [3.63, 3.8) is 0 Å². The van der Waals surface area contributed by atoms with Crippen LogP contribution in [0.2, 0.25) is 0 Å². The Balaban J connectivity index is 1.73. The van der Waals surface area contributed by atoms with E-state index in [0.29, 0.717) is 30.8 Å². The zero-order chi connectivity index (χ0) is 23.4. The maximum Gasteiger partial charge on any atom is 0.330 e. The number of aromatic nitrogens is 5. The number of imidazole rings is 1. The fraction of sp³-hybridized carbons (Fsp3) is 0.400. The van der Waals surface area contributed by atoms with E-state index in [1.165, 1.54) is 5.56 Å². The first-order chi connectivity index (χ1) is 16.0. The van der Waals surface area contributed by atoms with Crippen molar-refractivity contribution in [1.82, 2.24) is 28.6 Å². The summed E-state index contributed by atoms with van der Waals surface area (Å²) in [4.78, 5) is 35.1. The molecular formula is C25H32N6O2. The van der Waals surface area contributed by atoms with Crippen LogP contribution in [0.15, 0.2) is 58.4 Å². The molecule has 0 amide bonds. The second-order valence-electron chi connectivity index (χ2n) is 8.56. The van der Waals surface area contributed by atoms with E-state index in [0.717, 1.165) is 37.3 Å². The van der Waals surface area contributed by atoms with Gasteiger partial charge in [0.15, 0.2) is 11.2 Å². The van der Waals surface area contributed by atoms with Crippen molar-refractivity contribution in [1.29, 1.82) is 0 Å². The predicted molar refractivity (Wildman–Crippen MR) is 130 cm³/mol. The number of H-pyrrole nitrogens is 1. The highest BCUT2D eigenvalue weighted by molar-refractivity contribution is 5.71. The number of nitrogens with zero attached hydrogens (tertiary/aromatic N) is 5. The SMILES string of the molecule is CCCCn1c(CN(C)Cc2ccn(CC)c2)nc2c1c(=O)[nH]c(=O)n2Cc1ccccc1. The van der Waals surface area contributed by atoms with Gasteiger partial charge in [-0.3, -0.25) is 19.2 Å². The summed E-state index contributed by atoms with van der Waals surface area (Å²) in [6.45, 7) is 7.59. The molecule has 0 saturated carbocycles. The topological polar surface area (TPSA) is 80.8 Å². The first-order valence-electron chi connectivity index (χ1n) is 11.6. The van der Waals surface area contributed by atoms with Gasteiger partial charge < -0.3 is 9.13 Å². The highest BCUT2D eigenvalue weighted by Gasteiger charge is 2.19. The number of aromatic amines is 1. The van der Waals surface area contributed by atoms with Crippen LogP contribution in [0.5, 0.6) is 0 Å². The Hall–Kier alpha value is -3.39. The molecular weight excluding hydrogens is 416 g/mol. The highest BCUT2D eigenvalue weighted by atomic mass is 16.2. The molecule has 33 heavy (non-hydrogen) atoms. The van der Waals surface area contributed by atoms with Gasteiger partial charge >= 0.3 is 5.69 Å². The van der Waals surface area contributed by atoms with Crippen molar-refractivity contribution in [3.05, 3.63) is 86.6 Å². The van der Waals surface area contributed by atoms with Crippen molar-refractivity contribution in [2.24, 2.45) is 0 Å². The molecule has 3 heterocycles. The molecule has 0 bridgehead atoms. The summed E-state index contributed by atoms with van der Waals surface area (Å²) in [5, 5.41) is 0. The van der Waals surface area contributed by atoms with Crippen LogP contribution >= 0.6 is 0 Å². The fourth-order valence-electron chi connectivity index (χ4n) is 4.20. The summed E-state index contributed by atoms with van der Waals surface area (Å²) in [5.74, 6) is 0.800. The number of rotatable bonds is 10. The summed E-state index contributed by atoms with van der Waals surface area (Å²) < 4.78 is 5.72. The number of benzene rings is 1. The minimum absolute atomic E-state index is 0.359. The molecule has 0 unspecified atom stereocenters. The minimum atomic E-state index is -0.433. The fourth-order valence-corrected chi connectivity index (χ4v) is 4.20. The predicted octanol–water partition coefficient (Wildman–Crippen LogP) is 3.19. The molecule has 0 fully saturated rings. The maximum atomic E-state index is 12.9. The third-order valence-electron chi connectivity index (χ3n) is 5.92. The van der Waals surface area contributed by atoms with E-state index in [2.05, 4.69) is 46.8 Å². The minimum Gasteiger partial charge on any atom is -0.354 e. The molecule has 0 aliphatic heterocycles. The summed E-state index contributed by atoms with van der Waals surface area (Å²) in [7, 11) is 2.05. The number of hydrogen-bond acceptors (Lipinski definition) is 4. The molecule has 4 aromatic rings. The normalized spacial score (nSPS) is 11.6. The second-order valence-corrected chi connectivity index (χ2v) is 8.56. The van der Waals surface area contributed by atoms with E-state index < -0.39 is 5.69 Å². The molecule has 3 aromatic heterocycles. The molecule has 8 heteroatoms. The molecule has 0 aliphatic rings. The Labute approximate surface area is 193 Å². The van der Waals surface area contributed by atoms with Gasteiger partial charge in [-0.25, -0.2) is 9.78 Å². The van der Waals surface area contributed by atoms with Crippen molar-refractivity contribution >= 4 is 11.2 Å². The number of fused-ring (bicyclic) bond motifs is 1. The van der Waals surface area contributed by atoms with E-state index in [-0.39, 0.29) is 5.56 Å². The van der Waals surface area contributed by atoms with Gasteiger partial charge in [0.05, 0.1) is 13.1 Å². The van der Waals surface area contributed by atoms with Crippen LogP contribution in [0.3, 0.4) is 0 Å². The van der Waals surface area contributed by atoms with Crippen molar-refractivity contribution in [2.75, 3.05) is 7.05 Å². The summed E-state index contributed by atoms with van der Waals surface area (Å²) in [6.07, 6.45) is 6.17. The zero-order valence-electron chi connectivity index (χ0n) is 19.6. The lowest BCUT2D eigenvalue weighted by atomic mass is 10.2. The van der Waals surface area contributed by atoms with Gasteiger partial charge in [-0.05, 0) is 37.6 Å². The lowest BCUT2D eigenvalue weighted by Gasteiger charge is -2.16. The van der Waals surface area contributed by atoms with Crippen molar-refractivity contribution in [3.8, 4) is 0 Å². The average molecular weight is 449 g/mol. The van der Waals surface area contributed by atoms with E-state index in [1.54, 1.807) is 4.57 Å². The van der Waals surface area contributed by atoms with Crippen LogP contribution in [-0.2, 0) is 32.7 Å². The smallest absolute Gasteiger partial charge is 0.330 e. The maximum absolute atomic E-state index is 12.9. The van der Waals surface area contributed by atoms with Crippen molar-refractivity contribution in [2.45, 2.75) is 59.4 Å². The summed E-state index contributed by atoms with van der Waals surface area (Å²) in [6, 6.07) is 11.9. The van der Waals surface area contributed by atoms with E-state index in [4.69, 9.17) is 4.98 Å². The first-order valence-corrected chi connectivity index (χ1v) is 11.6. The van der Waals surface area contributed by atoms with Gasteiger partial charge in [-0.1, -0.05) is 43.7 Å². The molecule has 1 N–H and O–H groups in total. The van der Waals surface area contributed by atoms with Crippen LogP contribution in [0.25, 0.3) is 11.2 Å². The Bertz CT molecular complexity index is 1330. The van der Waals surface area contributed by atoms with Gasteiger partial charge in [-0.2, -0.15) is 0 Å². The quantitative estimate of drug-likeness (QED) is 0.404. The highest BCUT2D eigenvalue weighted by Crippen LogP contribution is 2.17. The Morgan fingerprint density at radius 3 is 2.48 bits per heavy atom. The van der Waals surface area contributed by atoms with Gasteiger partial charge in [0.1, 0.15) is 5.82 Å². The van der Waals surface area contributed by atoms with E-state index >= 15 is 0 Å². The van der Waals surface area contributed by atoms with Crippen LogP contribution in [0.1, 0.15) is 43.6 Å². The van der Waals surface area contributed by atoms with Crippen LogP contribution in [0.4, 0.5) is 0 Å². The van der Waals surface area contributed by atoms with Crippen LogP contribution in [0, 0.1) is 0 Å². The monoisotopic (exact) mass is 448 g/mol. The van der Waals surface area contributed by atoms with E-state index in [9.17, 15) is 9.59 Å². The van der Waals surface area contributed by atoms with Crippen LogP contribution in [-0.4, -0.2) is 35.6 Å². The molecule has 0 saturated heterocycles. The molecule has 174 valence electrons. The van der Waals surface area contributed by atoms with Gasteiger partial charge in [0.2, 0.25) is 0 Å². The molecule has 4 rings (SSSR count). The zero-order valence-corrected chi connectivity index (χ0v) is 19.6. The average Bonchev–Trinajstić information content (AvgIpc) is 3.40. The lowest BCUT2D eigenvalue weighted by Crippen LogP contribution is -2.31. The number of aryl methyl sites for hydroxylation is 2. The van der Waals surface area contributed by atoms with Gasteiger partial charge in [-0.15, -0.1) is 0 Å². The molecule has 8 nitrogen and oxygen atoms in total. The lowest BCUT2D eigenvalue weighted by molar-refractivity contribution is 0.305. The van der Waals surface area contributed by atoms with Gasteiger partial charge in [0.25, 0.3) is 5.56 Å². The third kappa shape index (κ3) is 5.01. The molecule has 0 aliphatic carbocycles.